The lowest BCUT2D eigenvalue weighted by Gasteiger charge is -2.17. The maximum absolute atomic E-state index is 11.0. The van der Waals surface area contributed by atoms with Gasteiger partial charge >= 0.3 is 0 Å². The van der Waals surface area contributed by atoms with E-state index in [0.29, 0.717) is 0 Å². The Bertz CT molecular complexity index is 530. The fourth-order valence-electron chi connectivity index (χ4n) is 0.579. The Morgan fingerprint density at radius 3 is 1.48 bits per heavy atom. The summed E-state index contributed by atoms with van der Waals surface area (Å²) in [5.41, 5.74) is 0. The lowest BCUT2D eigenvalue weighted by Crippen LogP contribution is -2.28. The number of hydrogen-bond donors (Lipinski definition) is 2. The van der Waals surface area contributed by atoms with Crippen molar-refractivity contribution in [2.75, 3.05) is 60.7 Å². The van der Waals surface area contributed by atoms with E-state index in [-0.39, 0.29) is 24.3 Å². The van der Waals surface area contributed by atoms with Crippen molar-refractivity contribution in [2.24, 2.45) is 0 Å². The second kappa shape index (κ2) is 14.6. The molecule has 3 atom stereocenters. The summed E-state index contributed by atoms with van der Waals surface area (Å²) in [5.74, 6) is -1.64. The topological polar surface area (TPSA) is 124 Å². The van der Waals surface area contributed by atoms with Gasteiger partial charge in [-0.15, -0.1) is 11.6 Å². The molecule has 2 amide bonds. The Hall–Kier alpha value is -0.430. The maximum Gasteiger partial charge on any atom is 0.248 e. The van der Waals surface area contributed by atoms with Crippen LogP contribution in [0.1, 0.15) is 13.8 Å². The van der Waals surface area contributed by atoms with Crippen LogP contribution in [0.25, 0.3) is 0 Å². The zero-order chi connectivity index (χ0) is 22.6. The maximum atomic E-state index is 11.0. The zero-order valence-electron chi connectivity index (χ0n) is 17.7. The number of aliphatic hydroxyl groups is 1. The molecule has 0 bridgehead atoms. The Balaban J connectivity index is -0.000000350. The van der Waals surface area contributed by atoms with E-state index >= 15 is 0 Å². The molecule has 0 heterocycles. The number of alkyl halides is 1. The molecule has 0 aromatic heterocycles. The molecule has 3 unspecified atom stereocenters. The predicted molar refractivity (Wildman–Crippen MR) is 110 cm³/mol. The number of carbonyl (C=O) groups is 2. The smallest absolute Gasteiger partial charge is 0.248 e. The van der Waals surface area contributed by atoms with Gasteiger partial charge in [-0.1, -0.05) is 0 Å². The normalized spacial score (nSPS) is 15.0. The molecule has 0 aliphatic heterocycles. The van der Waals surface area contributed by atoms with Gasteiger partial charge in [0.2, 0.25) is 19.2 Å². The lowest BCUT2D eigenvalue weighted by molar-refractivity contribution is -0.134. The number of ether oxygens (including phenoxy) is 1. The van der Waals surface area contributed by atoms with E-state index in [9.17, 15) is 18.7 Å². The summed E-state index contributed by atoms with van der Waals surface area (Å²) in [6.07, 6.45) is 0. The van der Waals surface area contributed by atoms with E-state index < -0.39 is 26.2 Å². The summed E-state index contributed by atoms with van der Waals surface area (Å²) in [7, 11) is 1.12. The van der Waals surface area contributed by atoms with E-state index in [4.69, 9.17) is 26.3 Å². The highest BCUT2D eigenvalue weighted by Crippen LogP contribution is 2.41. The first kappa shape index (κ1) is 31.3. The first-order valence-corrected chi connectivity index (χ1v) is 13.4. The molecule has 0 aromatic rings. The molecule has 0 aliphatic rings. The van der Waals surface area contributed by atoms with Gasteiger partial charge in [-0.3, -0.25) is 14.2 Å². The molecule has 0 saturated carbocycles. The molecule has 164 valence electrons. The number of carbonyl (C=O) groups excluding carboxylic acids is 2. The van der Waals surface area contributed by atoms with Crippen molar-refractivity contribution in [3.05, 3.63) is 0 Å². The van der Waals surface area contributed by atoms with Crippen molar-refractivity contribution in [3.63, 3.8) is 0 Å². The van der Waals surface area contributed by atoms with Crippen LogP contribution >= 0.6 is 26.1 Å². The third kappa shape index (κ3) is 20.1. The van der Waals surface area contributed by atoms with E-state index in [0.717, 1.165) is 0 Å². The van der Waals surface area contributed by atoms with Gasteiger partial charge in [0.05, 0.1) is 0 Å². The summed E-state index contributed by atoms with van der Waals surface area (Å²) >= 11 is 5.16. The highest BCUT2D eigenvalue weighted by molar-refractivity contribution is 7.62. The van der Waals surface area contributed by atoms with Gasteiger partial charge in [0.25, 0.3) is 0 Å². The molecule has 0 spiro atoms. The van der Waals surface area contributed by atoms with E-state index in [1.807, 2.05) is 0 Å². The molecular weight excluding hydrogens is 418 g/mol. The highest BCUT2D eigenvalue weighted by Gasteiger charge is 2.22. The molecule has 0 fully saturated rings. The number of likely N-dealkylation sites (N-methyl/N-ethyl adjacent to an activating group) is 1. The largest absolute Gasteiger partial charge is 0.386 e. The Morgan fingerprint density at radius 1 is 1.00 bits per heavy atom. The molecule has 0 radical (unpaired) electrons. The molecule has 0 saturated heterocycles. The SMILES string of the molecule is CC(O)P(C)(C)=O.CC(OCC(=O)N(C)C)P(C)(=O)O.CN(C)C(=O)CCl. The Kier molecular flexibility index (Phi) is 16.9. The van der Waals surface area contributed by atoms with Crippen LogP contribution < -0.4 is 0 Å². The first-order chi connectivity index (χ1) is 11.9. The van der Waals surface area contributed by atoms with Crippen molar-refractivity contribution in [1.29, 1.82) is 0 Å². The van der Waals surface area contributed by atoms with Crippen LogP contribution in [-0.2, 0) is 23.5 Å². The number of aliphatic hydroxyl groups excluding tert-OH is 1. The van der Waals surface area contributed by atoms with Crippen molar-refractivity contribution < 1.29 is 33.5 Å². The Morgan fingerprint density at radius 2 is 1.33 bits per heavy atom. The number of halogens is 1. The summed E-state index contributed by atoms with van der Waals surface area (Å²) in [6, 6.07) is 0. The van der Waals surface area contributed by atoms with Gasteiger partial charge in [-0.25, -0.2) is 0 Å². The van der Waals surface area contributed by atoms with Gasteiger partial charge < -0.3 is 29.1 Å². The molecule has 0 aliphatic carbocycles. The van der Waals surface area contributed by atoms with Crippen LogP contribution in [-0.4, -0.2) is 104 Å². The van der Waals surface area contributed by atoms with E-state index in [1.54, 1.807) is 48.4 Å². The van der Waals surface area contributed by atoms with Crippen molar-refractivity contribution in [2.45, 2.75) is 25.5 Å². The van der Waals surface area contributed by atoms with Gasteiger partial charge in [-0.05, 0) is 27.2 Å². The quantitative estimate of drug-likeness (QED) is 0.463. The minimum Gasteiger partial charge on any atom is -0.386 e. The fourth-order valence-corrected chi connectivity index (χ4v) is 1.17. The molecule has 0 rings (SSSR count). The standard InChI is InChI=1S/C7H16NO4P.C4H8ClNO.C4H11O2P/c1-6(13(4,10)11)12-5-7(9)8(2)3;1-6(2)4(7)3-5;1-4(5)7(2,3)6/h6H,5H2,1-4H3,(H,10,11);3H2,1-2H3;4-5H,1-3H3. The zero-order valence-corrected chi connectivity index (χ0v) is 20.2. The third-order valence-corrected chi connectivity index (χ3v) is 6.66. The molecular formula is C15H35ClN2O7P2. The first-order valence-electron chi connectivity index (χ1n) is 7.98. The lowest BCUT2D eigenvalue weighted by atomic mass is 10.6. The number of amides is 2. The van der Waals surface area contributed by atoms with Gasteiger partial charge in [0, 0.05) is 34.9 Å². The summed E-state index contributed by atoms with van der Waals surface area (Å²) < 4.78 is 26.6. The van der Waals surface area contributed by atoms with Gasteiger partial charge in [0.15, 0.2) is 0 Å². The van der Waals surface area contributed by atoms with E-state index in [2.05, 4.69) is 0 Å². The van der Waals surface area contributed by atoms with Gasteiger partial charge in [-0.2, -0.15) is 0 Å². The number of hydrogen-bond acceptors (Lipinski definition) is 6. The molecule has 27 heavy (non-hydrogen) atoms. The third-order valence-electron chi connectivity index (χ3n) is 3.13. The highest BCUT2D eigenvalue weighted by atomic mass is 35.5. The van der Waals surface area contributed by atoms with Crippen LogP contribution in [0.15, 0.2) is 0 Å². The average Bonchev–Trinajstić information content (AvgIpc) is 2.50. The van der Waals surface area contributed by atoms with Crippen LogP contribution in [0, 0.1) is 0 Å². The Labute approximate surface area is 167 Å². The monoisotopic (exact) mass is 452 g/mol. The fraction of sp³-hybridized carbons (Fsp3) is 0.867. The average molecular weight is 453 g/mol. The van der Waals surface area contributed by atoms with Crippen molar-refractivity contribution in [3.8, 4) is 0 Å². The molecule has 2 N–H and O–H groups in total. The minimum absolute atomic E-state index is 0.0540. The molecule has 9 nitrogen and oxygen atoms in total. The second-order valence-electron chi connectivity index (χ2n) is 6.63. The van der Waals surface area contributed by atoms with E-state index in [1.165, 1.54) is 23.4 Å². The number of rotatable bonds is 6. The van der Waals surface area contributed by atoms with Crippen LogP contribution in [0.4, 0.5) is 0 Å². The minimum atomic E-state index is -3.24. The second-order valence-corrected chi connectivity index (χ2v) is 13.1. The predicted octanol–water partition coefficient (Wildman–Crippen LogP) is 1.60. The summed E-state index contributed by atoms with van der Waals surface area (Å²) in [4.78, 5) is 33.2. The van der Waals surface area contributed by atoms with Crippen LogP contribution in [0.2, 0.25) is 0 Å². The van der Waals surface area contributed by atoms with Gasteiger partial charge in [0.1, 0.15) is 31.3 Å². The summed E-state index contributed by atoms with van der Waals surface area (Å²) in [5, 5.41) is 8.63. The van der Waals surface area contributed by atoms with Crippen molar-refractivity contribution >= 4 is 37.9 Å². The van der Waals surface area contributed by atoms with Crippen LogP contribution in [0.5, 0.6) is 0 Å². The van der Waals surface area contributed by atoms with Crippen LogP contribution in [0.3, 0.4) is 0 Å². The molecule has 12 heteroatoms. The number of nitrogens with zero attached hydrogens (tertiary/aromatic N) is 2. The summed E-state index contributed by atoms with van der Waals surface area (Å²) in [6.45, 7) is 7.20. The molecule has 0 aromatic carbocycles. The van der Waals surface area contributed by atoms with Crippen molar-refractivity contribution in [1.82, 2.24) is 9.80 Å².